The Kier molecular flexibility index (Phi) is 6.38. The van der Waals surface area contributed by atoms with E-state index in [1.54, 1.807) is 6.07 Å². The molecule has 0 saturated heterocycles. The minimum absolute atomic E-state index is 0.125. The Morgan fingerprint density at radius 2 is 1.50 bits per heavy atom. The van der Waals surface area contributed by atoms with Crippen molar-refractivity contribution in [3.05, 3.63) is 93.3 Å². The maximum absolute atomic E-state index is 13.6. The van der Waals surface area contributed by atoms with Gasteiger partial charge in [0.1, 0.15) is 19.8 Å². The van der Waals surface area contributed by atoms with Gasteiger partial charge in [-0.3, -0.25) is 14.2 Å². The molecule has 0 aliphatic carbocycles. The molecule has 2 N–H and O–H groups in total. The molecular weight excluding hydrogens is 454 g/mol. The van der Waals surface area contributed by atoms with E-state index in [2.05, 4.69) is 10.6 Å². The zero-order chi connectivity index (χ0) is 25.2. The van der Waals surface area contributed by atoms with Gasteiger partial charge in [0, 0.05) is 34.9 Å². The van der Waals surface area contributed by atoms with Crippen LogP contribution in [0.2, 0.25) is 0 Å². The first-order valence-corrected chi connectivity index (χ1v) is 12.0. The Balaban J connectivity index is 1.51. The predicted molar refractivity (Wildman–Crippen MR) is 142 cm³/mol. The third kappa shape index (κ3) is 5.05. The van der Waals surface area contributed by atoms with Crippen molar-refractivity contribution < 1.29 is 14.3 Å². The molecule has 4 aromatic rings. The Labute approximate surface area is 209 Å². The predicted octanol–water partition coefficient (Wildman–Crippen LogP) is 4.95. The molecule has 0 bridgehead atoms. The van der Waals surface area contributed by atoms with E-state index in [4.69, 9.17) is 9.47 Å². The van der Waals surface area contributed by atoms with E-state index < -0.39 is 0 Å². The van der Waals surface area contributed by atoms with Gasteiger partial charge in [-0.1, -0.05) is 23.8 Å². The smallest absolute Gasteiger partial charge is 0.256 e. The van der Waals surface area contributed by atoms with Crippen LogP contribution < -0.4 is 25.7 Å². The summed E-state index contributed by atoms with van der Waals surface area (Å²) >= 11 is 0. The molecule has 3 aromatic carbocycles. The second-order valence-corrected chi connectivity index (χ2v) is 9.26. The fraction of sp³-hybridized carbons (Fsp3) is 0.241. The van der Waals surface area contributed by atoms with Crippen LogP contribution in [0.1, 0.15) is 22.3 Å². The molecule has 7 heteroatoms. The molecule has 1 amide bonds. The van der Waals surface area contributed by atoms with Gasteiger partial charge >= 0.3 is 0 Å². The number of hydrogen-bond donors (Lipinski definition) is 2. The number of rotatable bonds is 6. The molecule has 0 unspecified atom stereocenters. The highest BCUT2D eigenvalue weighted by Gasteiger charge is 2.18. The minimum Gasteiger partial charge on any atom is -0.486 e. The first-order valence-electron chi connectivity index (χ1n) is 12.0. The highest BCUT2D eigenvalue weighted by Crippen LogP contribution is 2.34. The van der Waals surface area contributed by atoms with Crippen molar-refractivity contribution in [3.8, 4) is 11.5 Å². The third-order valence-electron chi connectivity index (χ3n) is 6.17. The van der Waals surface area contributed by atoms with E-state index in [1.807, 2.05) is 75.4 Å². The molecule has 36 heavy (non-hydrogen) atoms. The number of fused-ring (bicyclic) bond motifs is 2. The van der Waals surface area contributed by atoms with E-state index in [0.29, 0.717) is 48.0 Å². The summed E-state index contributed by atoms with van der Waals surface area (Å²) in [5.41, 5.74) is 5.85. The lowest BCUT2D eigenvalue weighted by molar-refractivity contribution is -0.116. The molecule has 0 atom stereocenters. The highest BCUT2D eigenvalue weighted by atomic mass is 16.6. The van der Waals surface area contributed by atoms with Crippen molar-refractivity contribution in [1.29, 1.82) is 0 Å². The zero-order valence-corrected chi connectivity index (χ0v) is 20.7. The highest BCUT2D eigenvalue weighted by molar-refractivity contribution is 5.92. The summed E-state index contributed by atoms with van der Waals surface area (Å²) in [7, 11) is 0. The van der Waals surface area contributed by atoms with Gasteiger partial charge in [0.25, 0.3) is 5.56 Å². The van der Waals surface area contributed by atoms with Crippen LogP contribution in [0.5, 0.6) is 11.5 Å². The van der Waals surface area contributed by atoms with Gasteiger partial charge in [-0.05, 0) is 68.3 Å². The number of amides is 1. The van der Waals surface area contributed by atoms with E-state index in [1.165, 1.54) is 4.57 Å². The molecule has 0 saturated carbocycles. The van der Waals surface area contributed by atoms with Crippen molar-refractivity contribution in [2.45, 2.75) is 33.9 Å². The summed E-state index contributed by atoms with van der Waals surface area (Å²) in [6.45, 7) is 7.10. The van der Waals surface area contributed by atoms with E-state index in [-0.39, 0.29) is 18.0 Å². The molecule has 0 fully saturated rings. The Bertz CT molecular complexity index is 1490. The van der Waals surface area contributed by atoms with Crippen molar-refractivity contribution >= 4 is 28.2 Å². The van der Waals surface area contributed by atoms with Crippen LogP contribution in [0.25, 0.3) is 10.9 Å². The fourth-order valence-electron chi connectivity index (χ4n) is 4.52. The second-order valence-electron chi connectivity index (χ2n) is 9.26. The fourth-order valence-corrected chi connectivity index (χ4v) is 4.52. The van der Waals surface area contributed by atoms with Crippen molar-refractivity contribution in [2.24, 2.45) is 0 Å². The molecular formula is C29H29N3O4. The Hall–Kier alpha value is -4.26. The molecule has 184 valence electrons. The molecule has 1 aromatic heterocycles. The van der Waals surface area contributed by atoms with Gasteiger partial charge in [-0.15, -0.1) is 0 Å². The molecule has 5 rings (SSSR count). The van der Waals surface area contributed by atoms with E-state index in [9.17, 15) is 9.59 Å². The van der Waals surface area contributed by atoms with Gasteiger partial charge in [-0.2, -0.15) is 0 Å². The zero-order valence-electron chi connectivity index (χ0n) is 20.7. The number of aryl methyl sites for hydroxylation is 3. The van der Waals surface area contributed by atoms with Gasteiger partial charge < -0.3 is 20.1 Å². The van der Waals surface area contributed by atoms with Crippen LogP contribution in [0.15, 0.2) is 65.5 Å². The summed E-state index contributed by atoms with van der Waals surface area (Å²) in [6.07, 6.45) is 0. The van der Waals surface area contributed by atoms with Crippen LogP contribution >= 0.6 is 0 Å². The summed E-state index contributed by atoms with van der Waals surface area (Å²) in [6, 6.07) is 19.4. The monoisotopic (exact) mass is 483 g/mol. The normalized spacial score (nSPS) is 12.4. The van der Waals surface area contributed by atoms with Gasteiger partial charge in [0.05, 0.1) is 5.52 Å². The van der Waals surface area contributed by atoms with E-state index >= 15 is 0 Å². The third-order valence-corrected chi connectivity index (χ3v) is 6.17. The number of nitrogens with zero attached hydrogens (tertiary/aromatic N) is 1. The van der Waals surface area contributed by atoms with Crippen molar-refractivity contribution in [2.75, 3.05) is 23.8 Å². The van der Waals surface area contributed by atoms with Gasteiger partial charge in [0.2, 0.25) is 5.91 Å². The number of nitrogens with one attached hydrogen (secondary N) is 2. The number of carbonyl (C=O) groups is 1. The SMILES string of the molecule is Cc1ccc(NCc2cc3cc4c(cc3n(CC(=O)Nc3cc(C)cc(C)c3)c2=O)OCCO4)cc1. The molecule has 7 nitrogen and oxygen atoms in total. The molecule has 0 spiro atoms. The number of pyridine rings is 1. The average Bonchev–Trinajstić information content (AvgIpc) is 2.84. The largest absolute Gasteiger partial charge is 0.486 e. The number of aromatic nitrogens is 1. The summed E-state index contributed by atoms with van der Waals surface area (Å²) < 4.78 is 13.0. The van der Waals surface area contributed by atoms with Crippen LogP contribution in [0.4, 0.5) is 11.4 Å². The van der Waals surface area contributed by atoms with Gasteiger partial charge in [0.15, 0.2) is 11.5 Å². The number of carbonyl (C=O) groups excluding carboxylic acids is 1. The topological polar surface area (TPSA) is 81.6 Å². The summed E-state index contributed by atoms with van der Waals surface area (Å²) in [5, 5.41) is 7.06. The van der Waals surface area contributed by atoms with Crippen molar-refractivity contribution in [1.82, 2.24) is 4.57 Å². The van der Waals surface area contributed by atoms with Crippen LogP contribution in [0, 0.1) is 20.8 Å². The quantitative estimate of drug-likeness (QED) is 0.406. The molecule has 2 heterocycles. The van der Waals surface area contributed by atoms with E-state index in [0.717, 1.165) is 27.8 Å². The lowest BCUT2D eigenvalue weighted by Crippen LogP contribution is -2.31. The molecule has 1 aliphatic rings. The minimum atomic E-state index is -0.276. The lowest BCUT2D eigenvalue weighted by atomic mass is 10.1. The van der Waals surface area contributed by atoms with Crippen LogP contribution in [-0.4, -0.2) is 23.7 Å². The average molecular weight is 484 g/mol. The summed E-state index contributed by atoms with van der Waals surface area (Å²) in [5.74, 6) is 0.931. The second kappa shape index (κ2) is 9.77. The standard InChI is InChI=1S/C29H29N3O4/c1-18-4-6-23(7-5-18)30-16-22-13-21-14-26-27(36-9-8-35-26)15-25(21)32(29(22)34)17-28(33)31-24-11-19(2)10-20(3)12-24/h4-7,10-15,30H,8-9,16-17H2,1-3H3,(H,31,33). The number of ether oxygens (including phenoxy) is 2. The summed E-state index contributed by atoms with van der Waals surface area (Å²) in [4.78, 5) is 26.7. The number of anilines is 2. The number of hydrogen-bond acceptors (Lipinski definition) is 5. The molecule has 0 radical (unpaired) electrons. The first-order chi connectivity index (χ1) is 17.4. The number of benzene rings is 3. The molecule has 1 aliphatic heterocycles. The van der Waals surface area contributed by atoms with Crippen molar-refractivity contribution in [3.63, 3.8) is 0 Å². The first kappa shape index (κ1) is 23.5. The maximum atomic E-state index is 13.6. The Morgan fingerprint density at radius 3 is 2.19 bits per heavy atom. The maximum Gasteiger partial charge on any atom is 0.256 e. The van der Waals surface area contributed by atoms with Gasteiger partial charge in [-0.25, -0.2) is 0 Å². The van der Waals surface area contributed by atoms with Crippen LogP contribution in [-0.2, 0) is 17.9 Å². The lowest BCUT2D eigenvalue weighted by Gasteiger charge is -2.21. The van der Waals surface area contributed by atoms with Crippen LogP contribution in [0.3, 0.4) is 0 Å². The Morgan fingerprint density at radius 1 is 0.833 bits per heavy atom.